The first-order chi connectivity index (χ1) is 11.7. The highest BCUT2D eigenvalue weighted by Gasteiger charge is 2.13. The van der Waals surface area contributed by atoms with Gasteiger partial charge in [0.25, 0.3) is 0 Å². The Morgan fingerprint density at radius 3 is 2.96 bits per heavy atom. The van der Waals surface area contributed by atoms with Crippen molar-refractivity contribution in [2.24, 2.45) is 0 Å². The maximum absolute atomic E-state index is 11.5. The van der Waals surface area contributed by atoms with Crippen molar-refractivity contribution in [3.63, 3.8) is 0 Å². The number of fused-ring (bicyclic) bond motifs is 1. The summed E-state index contributed by atoms with van der Waals surface area (Å²) < 4.78 is 7.17. The summed E-state index contributed by atoms with van der Waals surface area (Å²) in [6, 6.07) is 7.00. The molecule has 24 heavy (non-hydrogen) atoms. The minimum absolute atomic E-state index is 0.162. The lowest BCUT2D eigenvalue weighted by atomic mass is 10.1. The molecule has 0 saturated heterocycles. The van der Waals surface area contributed by atoms with E-state index in [9.17, 15) is 9.90 Å². The Balaban J connectivity index is 1.78. The molecule has 7 heteroatoms. The molecule has 124 valence electrons. The number of pyridine rings is 1. The fraction of sp³-hybridized carbons (Fsp3) is 0.235. The first-order valence-corrected chi connectivity index (χ1v) is 7.59. The van der Waals surface area contributed by atoms with E-state index in [1.807, 2.05) is 10.8 Å². The predicted molar refractivity (Wildman–Crippen MR) is 90.6 cm³/mol. The van der Waals surface area contributed by atoms with Crippen LogP contribution in [0.4, 0.5) is 5.82 Å². The highest BCUT2D eigenvalue weighted by Crippen LogP contribution is 2.24. The van der Waals surface area contributed by atoms with E-state index >= 15 is 0 Å². The van der Waals surface area contributed by atoms with Gasteiger partial charge in [0.15, 0.2) is 0 Å². The largest absolute Gasteiger partial charge is 0.497 e. The number of nitrogens with one attached hydrogen (secondary N) is 1. The number of carbonyl (C=O) groups is 1. The lowest BCUT2D eigenvalue weighted by molar-refractivity contribution is 0.0697. The number of aromatic nitrogens is 3. The van der Waals surface area contributed by atoms with Gasteiger partial charge >= 0.3 is 5.97 Å². The molecule has 3 rings (SSSR count). The molecule has 1 aromatic carbocycles. The van der Waals surface area contributed by atoms with Gasteiger partial charge in [0, 0.05) is 36.9 Å². The SMILES string of the molecule is COc1ccc2cc(C(=O)O)c(NCCCn3ccnc3)nc2c1. The summed E-state index contributed by atoms with van der Waals surface area (Å²) in [5.74, 6) is 0.0512. The van der Waals surface area contributed by atoms with Gasteiger partial charge in [-0.1, -0.05) is 0 Å². The second kappa shape index (κ2) is 6.99. The fourth-order valence-electron chi connectivity index (χ4n) is 2.46. The number of imidazole rings is 1. The number of aryl methyl sites for hydroxylation is 1. The molecule has 0 aliphatic carbocycles. The van der Waals surface area contributed by atoms with Crippen LogP contribution < -0.4 is 10.1 Å². The molecule has 0 fully saturated rings. The molecule has 0 atom stereocenters. The van der Waals surface area contributed by atoms with Gasteiger partial charge in [0.2, 0.25) is 0 Å². The van der Waals surface area contributed by atoms with Gasteiger partial charge in [0.1, 0.15) is 17.1 Å². The van der Waals surface area contributed by atoms with Gasteiger partial charge in [-0.2, -0.15) is 0 Å². The number of ether oxygens (including phenoxy) is 1. The lowest BCUT2D eigenvalue weighted by Crippen LogP contribution is -2.11. The summed E-state index contributed by atoms with van der Waals surface area (Å²) in [6.07, 6.45) is 6.20. The molecular formula is C17H18N4O3. The number of anilines is 1. The zero-order valence-corrected chi connectivity index (χ0v) is 13.3. The highest BCUT2D eigenvalue weighted by atomic mass is 16.5. The summed E-state index contributed by atoms with van der Waals surface area (Å²) in [5, 5.41) is 13.3. The standard InChI is InChI=1S/C17H18N4O3/c1-24-13-4-3-12-9-14(17(22)23)16(20-15(12)10-13)19-5-2-7-21-8-6-18-11-21/h3-4,6,8-11H,2,5,7H2,1H3,(H,19,20)(H,22,23). The third kappa shape index (κ3) is 3.45. The predicted octanol–water partition coefficient (Wildman–Crippen LogP) is 2.64. The number of benzene rings is 1. The van der Waals surface area contributed by atoms with E-state index in [0.29, 0.717) is 23.6 Å². The number of nitrogens with zero attached hydrogens (tertiary/aromatic N) is 3. The van der Waals surface area contributed by atoms with Crippen LogP contribution in [0, 0.1) is 0 Å². The van der Waals surface area contributed by atoms with Crippen LogP contribution in [-0.4, -0.2) is 39.3 Å². The molecule has 0 unspecified atom stereocenters. The number of aromatic carboxylic acids is 1. The summed E-state index contributed by atoms with van der Waals surface area (Å²) in [5.41, 5.74) is 0.853. The van der Waals surface area contributed by atoms with Crippen LogP contribution in [-0.2, 0) is 6.54 Å². The topological polar surface area (TPSA) is 89.3 Å². The van der Waals surface area contributed by atoms with Crippen LogP contribution in [0.2, 0.25) is 0 Å². The van der Waals surface area contributed by atoms with Gasteiger partial charge < -0.3 is 19.7 Å². The van der Waals surface area contributed by atoms with Crippen molar-refractivity contribution < 1.29 is 14.6 Å². The smallest absolute Gasteiger partial charge is 0.339 e. The minimum Gasteiger partial charge on any atom is -0.497 e. The van der Waals surface area contributed by atoms with Gasteiger partial charge in [-0.25, -0.2) is 14.8 Å². The molecule has 2 heterocycles. The van der Waals surface area contributed by atoms with E-state index in [1.54, 1.807) is 43.9 Å². The summed E-state index contributed by atoms with van der Waals surface area (Å²) >= 11 is 0. The fourth-order valence-corrected chi connectivity index (χ4v) is 2.46. The molecule has 7 nitrogen and oxygen atoms in total. The van der Waals surface area contributed by atoms with Crippen LogP contribution >= 0.6 is 0 Å². The minimum atomic E-state index is -1.00. The van der Waals surface area contributed by atoms with Gasteiger partial charge in [-0.05, 0) is 24.6 Å². The number of hydrogen-bond donors (Lipinski definition) is 2. The van der Waals surface area contributed by atoms with Crippen molar-refractivity contribution >= 4 is 22.7 Å². The maximum Gasteiger partial charge on any atom is 0.339 e. The average Bonchev–Trinajstić information content (AvgIpc) is 3.10. The first-order valence-electron chi connectivity index (χ1n) is 7.59. The normalized spacial score (nSPS) is 10.7. The Kier molecular flexibility index (Phi) is 4.60. The zero-order chi connectivity index (χ0) is 16.9. The molecule has 0 bridgehead atoms. The Labute approximate surface area is 138 Å². The quantitative estimate of drug-likeness (QED) is 0.649. The van der Waals surface area contributed by atoms with Crippen molar-refractivity contribution in [3.8, 4) is 5.75 Å². The molecule has 0 aliphatic rings. The number of carboxylic acid groups (broad SMARTS) is 1. The zero-order valence-electron chi connectivity index (χ0n) is 13.3. The molecule has 3 aromatic rings. The van der Waals surface area contributed by atoms with Crippen LogP contribution in [0.3, 0.4) is 0 Å². The number of rotatable bonds is 7. The van der Waals surface area contributed by atoms with E-state index in [0.717, 1.165) is 18.4 Å². The van der Waals surface area contributed by atoms with E-state index < -0.39 is 5.97 Å². The third-order valence-electron chi connectivity index (χ3n) is 3.70. The molecule has 2 N–H and O–H groups in total. The third-order valence-corrected chi connectivity index (χ3v) is 3.70. The van der Waals surface area contributed by atoms with Crippen molar-refractivity contribution in [1.29, 1.82) is 0 Å². The number of hydrogen-bond acceptors (Lipinski definition) is 5. The Bertz CT molecular complexity index is 846. The van der Waals surface area contributed by atoms with Gasteiger partial charge in [0.05, 0.1) is 19.0 Å². The Morgan fingerprint density at radius 2 is 2.25 bits per heavy atom. The van der Waals surface area contributed by atoms with Crippen LogP contribution in [0.5, 0.6) is 5.75 Å². The number of carboxylic acids is 1. The number of methoxy groups -OCH3 is 1. The van der Waals surface area contributed by atoms with Gasteiger partial charge in [-0.3, -0.25) is 0 Å². The molecule has 0 saturated carbocycles. The van der Waals surface area contributed by atoms with Crippen LogP contribution in [0.1, 0.15) is 16.8 Å². The molecule has 0 radical (unpaired) electrons. The van der Waals surface area contributed by atoms with Crippen molar-refractivity contribution in [1.82, 2.24) is 14.5 Å². The molecular weight excluding hydrogens is 308 g/mol. The van der Waals surface area contributed by atoms with E-state index in [-0.39, 0.29) is 5.56 Å². The Morgan fingerprint density at radius 1 is 1.38 bits per heavy atom. The molecule has 0 spiro atoms. The maximum atomic E-state index is 11.5. The highest BCUT2D eigenvalue weighted by molar-refractivity contribution is 5.98. The monoisotopic (exact) mass is 326 g/mol. The lowest BCUT2D eigenvalue weighted by Gasteiger charge is -2.11. The Hall–Kier alpha value is -3.09. The molecule has 0 amide bonds. The van der Waals surface area contributed by atoms with Gasteiger partial charge in [-0.15, -0.1) is 0 Å². The average molecular weight is 326 g/mol. The van der Waals surface area contributed by atoms with Crippen molar-refractivity contribution in [2.75, 3.05) is 19.0 Å². The van der Waals surface area contributed by atoms with Crippen molar-refractivity contribution in [3.05, 3.63) is 48.5 Å². The molecule has 0 aliphatic heterocycles. The summed E-state index contributed by atoms with van der Waals surface area (Å²) in [4.78, 5) is 19.9. The van der Waals surface area contributed by atoms with E-state index in [4.69, 9.17) is 4.74 Å². The van der Waals surface area contributed by atoms with Crippen LogP contribution in [0.15, 0.2) is 43.0 Å². The summed E-state index contributed by atoms with van der Waals surface area (Å²) in [7, 11) is 1.59. The first kappa shape index (κ1) is 15.8. The van der Waals surface area contributed by atoms with Crippen molar-refractivity contribution in [2.45, 2.75) is 13.0 Å². The van der Waals surface area contributed by atoms with E-state index in [1.165, 1.54) is 0 Å². The second-order valence-corrected chi connectivity index (χ2v) is 5.33. The van der Waals surface area contributed by atoms with E-state index in [2.05, 4.69) is 15.3 Å². The van der Waals surface area contributed by atoms with Crippen LogP contribution in [0.25, 0.3) is 10.9 Å². The second-order valence-electron chi connectivity index (χ2n) is 5.33. The molecule has 2 aromatic heterocycles. The summed E-state index contributed by atoms with van der Waals surface area (Å²) in [6.45, 7) is 1.41.